The Bertz CT molecular complexity index is 515. The highest BCUT2D eigenvalue weighted by Gasteiger charge is 2.37. The summed E-state index contributed by atoms with van der Waals surface area (Å²) in [5.74, 6) is -0.243. The van der Waals surface area contributed by atoms with Crippen LogP contribution >= 0.6 is 0 Å². The summed E-state index contributed by atoms with van der Waals surface area (Å²) in [6.07, 6.45) is 3.17. The van der Waals surface area contributed by atoms with Crippen molar-refractivity contribution in [2.75, 3.05) is 0 Å². The lowest BCUT2D eigenvalue weighted by Gasteiger charge is -2.05. The van der Waals surface area contributed by atoms with Gasteiger partial charge in [0.25, 0.3) is 5.91 Å². The molecule has 2 atom stereocenters. The number of nitro groups is 1. The summed E-state index contributed by atoms with van der Waals surface area (Å²) in [5, 5.41) is 22.9. The van der Waals surface area contributed by atoms with E-state index >= 15 is 0 Å². The molecule has 0 aromatic heterocycles. The van der Waals surface area contributed by atoms with Crippen molar-refractivity contribution >= 4 is 11.6 Å². The summed E-state index contributed by atoms with van der Waals surface area (Å²) >= 11 is 0. The van der Waals surface area contributed by atoms with Gasteiger partial charge < -0.3 is 10.4 Å². The smallest absolute Gasteiger partial charge is 0.310 e. The number of benzene rings is 1. The van der Waals surface area contributed by atoms with E-state index < -0.39 is 16.4 Å². The lowest BCUT2D eigenvalue weighted by atomic mass is 10.1. The van der Waals surface area contributed by atoms with E-state index in [0.717, 1.165) is 31.4 Å². The van der Waals surface area contributed by atoms with Crippen molar-refractivity contribution in [2.24, 2.45) is 5.92 Å². The highest BCUT2D eigenvalue weighted by molar-refractivity contribution is 5.95. The number of phenolic OH excluding ortho intramolecular Hbond substituents is 1. The van der Waals surface area contributed by atoms with E-state index in [2.05, 4.69) is 12.2 Å². The van der Waals surface area contributed by atoms with E-state index in [0.29, 0.717) is 5.92 Å². The summed E-state index contributed by atoms with van der Waals surface area (Å²) < 4.78 is 0. The summed E-state index contributed by atoms with van der Waals surface area (Å²) in [4.78, 5) is 21.8. The van der Waals surface area contributed by atoms with Crippen molar-refractivity contribution in [2.45, 2.75) is 32.2 Å². The number of hydrogen-bond donors (Lipinski definition) is 2. The maximum absolute atomic E-state index is 11.9. The van der Waals surface area contributed by atoms with E-state index in [1.807, 2.05) is 0 Å². The number of rotatable bonds is 5. The predicted octanol–water partition coefficient (Wildman–Crippen LogP) is 2.22. The standard InChI is InChI=1S/C13H16N2O4/c1-2-3-8-6-10(8)14-13(17)9-4-5-11(15(18)19)12(16)7-9/h4-5,7-8,10,16H,2-3,6H2,1H3,(H,14,17). The average Bonchev–Trinajstić information content (AvgIpc) is 3.07. The zero-order valence-electron chi connectivity index (χ0n) is 10.6. The average molecular weight is 264 g/mol. The van der Waals surface area contributed by atoms with Gasteiger partial charge in [-0.1, -0.05) is 13.3 Å². The second kappa shape index (κ2) is 5.26. The topological polar surface area (TPSA) is 92.5 Å². The Morgan fingerprint density at radius 3 is 2.89 bits per heavy atom. The van der Waals surface area contributed by atoms with Crippen LogP contribution in [0.25, 0.3) is 0 Å². The molecule has 6 nitrogen and oxygen atoms in total. The first-order valence-corrected chi connectivity index (χ1v) is 6.31. The molecule has 1 aromatic rings. The van der Waals surface area contributed by atoms with Crippen LogP contribution in [0.2, 0.25) is 0 Å². The lowest BCUT2D eigenvalue weighted by Crippen LogP contribution is -2.26. The molecule has 1 saturated carbocycles. The van der Waals surface area contributed by atoms with Gasteiger partial charge in [0.15, 0.2) is 5.75 Å². The first kappa shape index (κ1) is 13.3. The van der Waals surface area contributed by atoms with Gasteiger partial charge in [0.2, 0.25) is 0 Å². The molecule has 0 heterocycles. The summed E-state index contributed by atoms with van der Waals surface area (Å²) in [6, 6.07) is 3.82. The van der Waals surface area contributed by atoms with Crippen molar-refractivity contribution in [3.63, 3.8) is 0 Å². The Balaban J connectivity index is 2.00. The van der Waals surface area contributed by atoms with E-state index in [1.165, 1.54) is 6.07 Å². The Labute approximate surface area is 110 Å². The number of carbonyl (C=O) groups is 1. The number of carbonyl (C=O) groups excluding carboxylic acids is 1. The molecule has 0 spiro atoms. The van der Waals surface area contributed by atoms with Crippen LogP contribution in [0, 0.1) is 16.0 Å². The third-order valence-electron chi connectivity index (χ3n) is 3.33. The molecule has 102 valence electrons. The number of phenols is 1. The zero-order valence-corrected chi connectivity index (χ0v) is 10.6. The van der Waals surface area contributed by atoms with Gasteiger partial charge >= 0.3 is 5.69 Å². The third kappa shape index (κ3) is 3.01. The van der Waals surface area contributed by atoms with Gasteiger partial charge in [-0.2, -0.15) is 0 Å². The maximum atomic E-state index is 11.9. The van der Waals surface area contributed by atoms with Crippen LogP contribution in [0.3, 0.4) is 0 Å². The van der Waals surface area contributed by atoms with E-state index in [9.17, 15) is 20.0 Å². The van der Waals surface area contributed by atoms with Crippen LogP contribution < -0.4 is 5.32 Å². The molecule has 19 heavy (non-hydrogen) atoms. The fraction of sp³-hybridized carbons (Fsp3) is 0.462. The highest BCUT2D eigenvalue weighted by atomic mass is 16.6. The number of nitrogens with one attached hydrogen (secondary N) is 1. The van der Waals surface area contributed by atoms with Crippen LogP contribution in [0.5, 0.6) is 5.75 Å². The number of aromatic hydroxyl groups is 1. The molecule has 2 N–H and O–H groups in total. The minimum atomic E-state index is -0.685. The largest absolute Gasteiger partial charge is 0.502 e. The number of nitrogens with zero attached hydrogens (tertiary/aromatic N) is 1. The molecular weight excluding hydrogens is 248 g/mol. The minimum absolute atomic E-state index is 0.199. The molecule has 1 amide bonds. The molecule has 2 rings (SSSR count). The van der Waals surface area contributed by atoms with Crippen LogP contribution in [-0.2, 0) is 0 Å². The normalized spacial score (nSPS) is 20.9. The molecular formula is C13H16N2O4. The van der Waals surface area contributed by atoms with Crippen LogP contribution in [-0.4, -0.2) is 22.0 Å². The molecule has 0 saturated heterocycles. The Kier molecular flexibility index (Phi) is 3.69. The molecule has 1 fully saturated rings. The molecule has 1 aliphatic rings. The van der Waals surface area contributed by atoms with Gasteiger partial charge in [0, 0.05) is 17.7 Å². The monoisotopic (exact) mass is 264 g/mol. The molecule has 1 aromatic carbocycles. The molecule has 0 bridgehead atoms. The highest BCUT2D eigenvalue weighted by Crippen LogP contribution is 2.35. The van der Waals surface area contributed by atoms with Crippen molar-refractivity contribution in [1.82, 2.24) is 5.32 Å². The Morgan fingerprint density at radius 1 is 1.58 bits per heavy atom. The van der Waals surface area contributed by atoms with Crippen molar-refractivity contribution in [3.8, 4) is 5.75 Å². The molecule has 0 radical (unpaired) electrons. The van der Waals surface area contributed by atoms with Crippen molar-refractivity contribution in [1.29, 1.82) is 0 Å². The maximum Gasteiger partial charge on any atom is 0.310 e. The van der Waals surface area contributed by atoms with Crippen LogP contribution in [0.15, 0.2) is 18.2 Å². The summed E-state index contributed by atoms with van der Waals surface area (Å²) in [6.45, 7) is 2.10. The van der Waals surface area contributed by atoms with Gasteiger partial charge in [0.05, 0.1) is 4.92 Å². The van der Waals surface area contributed by atoms with E-state index in [4.69, 9.17) is 0 Å². The van der Waals surface area contributed by atoms with E-state index in [-0.39, 0.29) is 17.5 Å². The molecule has 6 heteroatoms. The number of amides is 1. The van der Waals surface area contributed by atoms with Crippen molar-refractivity contribution in [3.05, 3.63) is 33.9 Å². The first-order valence-electron chi connectivity index (χ1n) is 6.31. The lowest BCUT2D eigenvalue weighted by molar-refractivity contribution is -0.385. The predicted molar refractivity (Wildman–Crippen MR) is 69.0 cm³/mol. The molecule has 0 aliphatic heterocycles. The van der Waals surface area contributed by atoms with E-state index in [1.54, 1.807) is 0 Å². The number of nitro benzene ring substituents is 1. The molecule has 2 unspecified atom stereocenters. The van der Waals surface area contributed by atoms with Gasteiger partial charge in [-0.3, -0.25) is 14.9 Å². The van der Waals surface area contributed by atoms with Gasteiger partial charge in [0.1, 0.15) is 0 Å². The van der Waals surface area contributed by atoms with Gasteiger partial charge in [-0.15, -0.1) is 0 Å². The Hall–Kier alpha value is -2.11. The number of hydrogen-bond acceptors (Lipinski definition) is 4. The summed E-state index contributed by atoms with van der Waals surface area (Å²) in [5.41, 5.74) is -0.155. The third-order valence-corrected chi connectivity index (χ3v) is 3.33. The fourth-order valence-electron chi connectivity index (χ4n) is 2.18. The quantitative estimate of drug-likeness (QED) is 0.630. The first-order chi connectivity index (χ1) is 9.02. The Morgan fingerprint density at radius 2 is 2.32 bits per heavy atom. The van der Waals surface area contributed by atoms with Crippen LogP contribution in [0.4, 0.5) is 5.69 Å². The zero-order chi connectivity index (χ0) is 14.0. The second-order valence-electron chi connectivity index (χ2n) is 4.83. The van der Waals surface area contributed by atoms with Gasteiger partial charge in [-0.05, 0) is 30.9 Å². The second-order valence-corrected chi connectivity index (χ2v) is 4.83. The minimum Gasteiger partial charge on any atom is -0.502 e. The molecule has 1 aliphatic carbocycles. The van der Waals surface area contributed by atoms with Gasteiger partial charge in [-0.25, -0.2) is 0 Å². The van der Waals surface area contributed by atoms with Crippen LogP contribution in [0.1, 0.15) is 36.5 Å². The van der Waals surface area contributed by atoms with Crippen molar-refractivity contribution < 1.29 is 14.8 Å². The fourth-order valence-corrected chi connectivity index (χ4v) is 2.18. The summed E-state index contributed by atoms with van der Waals surface area (Å²) in [7, 11) is 0. The SMILES string of the molecule is CCCC1CC1NC(=O)c1ccc([N+](=O)[O-])c(O)c1.